The topological polar surface area (TPSA) is 22.2 Å². The maximum Gasteiger partial charge on any atom is 0.597 e. The van der Waals surface area contributed by atoms with E-state index in [1.165, 1.54) is 0 Å². The molecular formula is C40H17BClF18N3. The van der Waals surface area contributed by atoms with Crippen molar-refractivity contribution in [2.45, 2.75) is 41.7 Å². The zero-order valence-electron chi connectivity index (χ0n) is 30.4. The van der Waals surface area contributed by atoms with Crippen molar-refractivity contribution in [2.75, 3.05) is 0 Å². The van der Waals surface area contributed by atoms with Gasteiger partial charge in [-0.15, -0.1) is 0 Å². The second kappa shape index (κ2) is 13.9. The number of alkyl halides is 18. The van der Waals surface area contributed by atoms with Crippen molar-refractivity contribution in [3.63, 3.8) is 0 Å². The van der Waals surface area contributed by atoms with Crippen molar-refractivity contribution in [3.8, 4) is 0 Å². The Morgan fingerprint density at radius 3 is 1.24 bits per heavy atom. The van der Waals surface area contributed by atoms with Crippen LogP contribution in [-0.2, 0) is 18.5 Å². The van der Waals surface area contributed by atoms with Gasteiger partial charge in [0.25, 0.3) is 0 Å². The molecule has 5 heterocycles. The van der Waals surface area contributed by atoms with Crippen LogP contribution >= 0.6 is 11.6 Å². The molecule has 3 aliphatic rings. The molecule has 0 saturated carbocycles. The predicted molar refractivity (Wildman–Crippen MR) is 191 cm³/mol. The zero-order valence-corrected chi connectivity index (χ0v) is 31.2. The van der Waals surface area contributed by atoms with Crippen LogP contribution in [-0.4, -0.2) is 45.1 Å². The number of allylic oxidation sites excluding steroid dienone is 2. The van der Waals surface area contributed by atoms with Gasteiger partial charge in [-0.1, -0.05) is 36.4 Å². The van der Waals surface area contributed by atoms with E-state index in [0.29, 0.717) is 53.0 Å². The predicted octanol–water partition coefficient (Wildman–Crippen LogP) is 11.3. The summed E-state index contributed by atoms with van der Waals surface area (Å²) in [6, 6.07) is 11.7. The fourth-order valence-electron chi connectivity index (χ4n) is 7.54. The molecule has 328 valence electrons. The lowest BCUT2D eigenvalue weighted by atomic mass is 9.88. The van der Waals surface area contributed by atoms with E-state index in [-0.39, 0.29) is 28.3 Å². The minimum absolute atomic E-state index is 0.00489. The largest absolute Gasteiger partial charge is 0.597 e. The first-order valence-corrected chi connectivity index (χ1v) is 18.0. The van der Waals surface area contributed by atoms with Gasteiger partial charge in [0.1, 0.15) is 0 Å². The lowest BCUT2D eigenvalue weighted by molar-refractivity contribution is -0.337. The summed E-state index contributed by atoms with van der Waals surface area (Å²) in [5.74, 6) is -20.7. The number of aliphatic imine (C=N–C) groups is 1. The molecule has 3 aliphatic heterocycles. The highest BCUT2D eigenvalue weighted by Gasteiger charge is 2.81. The molecule has 0 fully saturated rings. The molecule has 0 aliphatic carbocycles. The lowest BCUT2D eigenvalue weighted by Gasteiger charge is -2.35. The van der Waals surface area contributed by atoms with Crippen molar-refractivity contribution >= 4 is 41.3 Å². The van der Waals surface area contributed by atoms with Gasteiger partial charge in [0.2, 0.25) is 0 Å². The number of nitrogens with zero attached hydrogens (tertiary/aromatic N) is 3. The average molecular weight is 928 g/mol. The summed E-state index contributed by atoms with van der Waals surface area (Å²) in [6.45, 7) is 0. The molecule has 0 unspecified atom stereocenters. The minimum Gasteiger partial charge on any atom is -0.334 e. The third-order valence-corrected chi connectivity index (χ3v) is 10.8. The molecule has 3 aromatic carbocycles. The van der Waals surface area contributed by atoms with Gasteiger partial charge >= 0.3 is 48.9 Å². The Balaban J connectivity index is 1.55. The van der Waals surface area contributed by atoms with Crippen molar-refractivity contribution in [1.29, 1.82) is 0 Å². The second-order valence-electron chi connectivity index (χ2n) is 14.2. The van der Waals surface area contributed by atoms with E-state index in [1.54, 1.807) is 0 Å². The molecule has 2 aromatic heterocycles. The third kappa shape index (κ3) is 6.68. The highest BCUT2D eigenvalue weighted by Crippen LogP contribution is 2.58. The lowest BCUT2D eigenvalue weighted by Crippen LogP contribution is -2.61. The van der Waals surface area contributed by atoms with Crippen LogP contribution in [0.5, 0.6) is 0 Å². The molecule has 5 aromatic rings. The number of fused-ring (bicyclic) bond motifs is 1. The Hall–Kier alpha value is -5.80. The van der Waals surface area contributed by atoms with Crippen LogP contribution in [0.15, 0.2) is 119 Å². The van der Waals surface area contributed by atoms with E-state index in [1.807, 2.05) is 0 Å². The summed E-state index contributed by atoms with van der Waals surface area (Å²) >= 11 is 4.24. The van der Waals surface area contributed by atoms with Crippen LogP contribution < -0.4 is 10.7 Å². The molecule has 0 radical (unpaired) electrons. The third-order valence-electron chi connectivity index (χ3n) is 10.5. The Morgan fingerprint density at radius 1 is 0.444 bits per heavy atom. The first-order valence-electron chi connectivity index (χ1n) is 17.6. The average Bonchev–Trinajstić information content (AvgIpc) is 3.93. The van der Waals surface area contributed by atoms with Crippen molar-refractivity contribution < 1.29 is 79.0 Å². The van der Waals surface area contributed by atoms with E-state index in [4.69, 9.17) is 0 Å². The Morgan fingerprint density at radius 2 is 0.825 bits per heavy atom. The van der Waals surface area contributed by atoms with E-state index < -0.39 is 116 Å². The van der Waals surface area contributed by atoms with E-state index in [2.05, 4.69) is 16.6 Å². The number of hydrogen-bond donors (Lipinski definition) is 0. The van der Waals surface area contributed by atoms with Gasteiger partial charge in [-0.05, 0) is 95.0 Å². The van der Waals surface area contributed by atoms with Gasteiger partial charge in [0.15, 0.2) is 0 Å². The van der Waals surface area contributed by atoms with Crippen LogP contribution in [0.2, 0.25) is 0 Å². The van der Waals surface area contributed by atoms with Crippen molar-refractivity contribution in [3.05, 3.63) is 170 Å². The summed E-state index contributed by atoms with van der Waals surface area (Å²) < 4.78 is 264. The van der Waals surface area contributed by atoms with Gasteiger partial charge in [-0.25, -0.2) is 4.99 Å². The van der Waals surface area contributed by atoms with E-state index in [0.717, 1.165) is 53.0 Å². The monoisotopic (exact) mass is 927 g/mol. The zero-order chi connectivity index (χ0) is 46.2. The summed E-state index contributed by atoms with van der Waals surface area (Å²) in [5, 5.41) is -7.04. The van der Waals surface area contributed by atoms with Crippen LogP contribution in [0.25, 0.3) is 16.7 Å². The van der Waals surface area contributed by atoms with Gasteiger partial charge in [-0.2, -0.15) is 74.6 Å². The number of aromatic nitrogens is 2. The van der Waals surface area contributed by atoms with Gasteiger partial charge in [-0.3, -0.25) is 4.32 Å². The summed E-state index contributed by atoms with van der Waals surface area (Å²) in [6.07, 6.45) is -14.9. The van der Waals surface area contributed by atoms with Crippen molar-refractivity contribution in [2.24, 2.45) is 4.99 Å². The molecule has 3 nitrogen and oxygen atoms in total. The summed E-state index contributed by atoms with van der Waals surface area (Å²) in [5.41, 5.74) is -12.6. The highest BCUT2D eigenvalue weighted by molar-refractivity contribution is 6.49. The maximum absolute atomic E-state index is 17.6. The smallest absolute Gasteiger partial charge is 0.334 e. The van der Waals surface area contributed by atoms with Crippen LogP contribution in [0.3, 0.4) is 0 Å². The molecule has 23 heteroatoms. The first kappa shape index (κ1) is 43.8. The molecule has 0 spiro atoms. The number of halogens is 19. The minimum atomic E-state index is -7.13. The molecule has 4 bridgehead atoms. The van der Waals surface area contributed by atoms with Gasteiger partial charge in [0, 0.05) is 38.8 Å². The molecule has 8 rings (SSSR count). The molecule has 0 atom stereocenters. The standard InChI is InChI=1S/C40H17BClF18N3/c42-40(58,59)39(56,57)38(54,55)34(43,44)24-17-25-30(18-1-7-21(8-2-18)35(45,46)47)26-13-14-27-31(19-3-9-22(10-4-19)36(48,49)50)28-15-16-29(63(28)41(60)62(26)27)32(33(24)61-25)20-5-11-23(12-6-20)37(51,52)53/h1-17H. The van der Waals surface area contributed by atoms with E-state index >= 15 is 21.9 Å². The van der Waals surface area contributed by atoms with Gasteiger partial charge in [0.05, 0.1) is 33.7 Å². The number of rotatable bonds is 7. The Bertz CT molecular complexity index is 2910. The van der Waals surface area contributed by atoms with Crippen LogP contribution in [0.4, 0.5) is 79.0 Å². The maximum atomic E-state index is 17.6. The SMILES string of the molecule is FB1n2c3ccc2C(c2ccc(C(F)(F)F)cc2)=c2ccc(n21)=C(c1ccc(C(F)(F)F)cc1)C1=NC(=C3c2ccc(C(F)(F)F)cc2)C(C(F)(F)C(F)(F)C(F)(F)C(F)(F)Cl)=C1. The fraction of sp³-hybridized carbons (Fsp3) is 0.175. The quantitative estimate of drug-likeness (QED) is 0.0882. The fourth-order valence-corrected chi connectivity index (χ4v) is 7.66. The van der Waals surface area contributed by atoms with E-state index in [9.17, 15) is 57.1 Å². The molecule has 0 amide bonds. The molecular weight excluding hydrogens is 911 g/mol. The normalized spacial score (nSPS) is 16.2. The number of hydrogen-bond acceptors (Lipinski definition) is 1. The Labute approximate surface area is 345 Å². The van der Waals surface area contributed by atoms with Gasteiger partial charge < -0.3 is 8.96 Å². The van der Waals surface area contributed by atoms with Crippen molar-refractivity contribution in [1.82, 2.24) is 8.96 Å². The van der Waals surface area contributed by atoms with Crippen LogP contribution in [0, 0.1) is 0 Å². The molecule has 63 heavy (non-hydrogen) atoms. The molecule has 0 N–H and O–H groups in total. The molecule has 0 saturated heterocycles. The second-order valence-corrected chi connectivity index (χ2v) is 14.7. The summed E-state index contributed by atoms with van der Waals surface area (Å²) in [7, 11) is -2.62. The summed E-state index contributed by atoms with van der Waals surface area (Å²) in [4.78, 5) is 4.03. The Kier molecular flexibility index (Phi) is 9.64. The van der Waals surface area contributed by atoms with Crippen LogP contribution in [0.1, 0.15) is 44.8 Å². The number of benzene rings is 3. The highest BCUT2D eigenvalue weighted by atomic mass is 35.5. The first-order chi connectivity index (χ1) is 29.0.